The summed E-state index contributed by atoms with van der Waals surface area (Å²) in [6, 6.07) is 11.7. The van der Waals surface area contributed by atoms with Crippen LogP contribution < -0.4 is 10.1 Å². The topological polar surface area (TPSA) is 64.6 Å². The number of anilines is 1. The van der Waals surface area contributed by atoms with Gasteiger partial charge < -0.3 is 14.8 Å². The smallest absolute Gasteiger partial charge is 0.337 e. The number of hydrogen-bond acceptors (Lipinski definition) is 4. The predicted molar refractivity (Wildman–Crippen MR) is 78.3 cm³/mol. The molecule has 0 saturated carbocycles. The predicted octanol–water partition coefficient (Wildman–Crippen LogP) is 2.63. The average molecular weight is 303 g/mol. The molecular formula is C16H14FNO4. The van der Waals surface area contributed by atoms with Gasteiger partial charge in [0.25, 0.3) is 5.91 Å². The molecule has 0 aromatic heterocycles. The number of hydrogen-bond donors (Lipinski definition) is 1. The molecule has 1 amide bonds. The summed E-state index contributed by atoms with van der Waals surface area (Å²) in [6.07, 6.45) is 0. The lowest BCUT2D eigenvalue weighted by atomic mass is 10.2. The van der Waals surface area contributed by atoms with Crippen LogP contribution in [0.2, 0.25) is 0 Å². The lowest BCUT2D eigenvalue weighted by Gasteiger charge is -2.08. The first-order valence-corrected chi connectivity index (χ1v) is 6.45. The summed E-state index contributed by atoms with van der Waals surface area (Å²) in [5.41, 5.74) is 0.787. The molecule has 0 atom stereocenters. The van der Waals surface area contributed by atoms with Gasteiger partial charge in [0.2, 0.25) is 0 Å². The monoisotopic (exact) mass is 303 g/mol. The maximum atomic E-state index is 12.7. The van der Waals surface area contributed by atoms with Crippen molar-refractivity contribution in [2.75, 3.05) is 19.0 Å². The van der Waals surface area contributed by atoms with Crippen LogP contribution in [-0.4, -0.2) is 25.6 Å². The zero-order valence-corrected chi connectivity index (χ0v) is 11.8. The summed E-state index contributed by atoms with van der Waals surface area (Å²) in [6.45, 7) is -0.228. The van der Waals surface area contributed by atoms with Crippen molar-refractivity contribution in [3.05, 3.63) is 59.9 Å². The van der Waals surface area contributed by atoms with Crippen LogP contribution in [0.3, 0.4) is 0 Å². The number of carbonyl (C=O) groups is 2. The molecule has 0 spiro atoms. The zero-order chi connectivity index (χ0) is 15.9. The van der Waals surface area contributed by atoms with Gasteiger partial charge in [-0.3, -0.25) is 4.79 Å². The Bertz CT molecular complexity index is 670. The van der Waals surface area contributed by atoms with E-state index in [1.165, 1.54) is 37.4 Å². The number of esters is 1. The van der Waals surface area contributed by atoms with Gasteiger partial charge in [-0.25, -0.2) is 9.18 Å². The summed E-state index contributed by atoms with van der Waals surface area (Å²) in [7, 11) is 1.28. The van der Waals surface area contributed by atoms with Crippen molar-refractivity contribution >= 4 is 17.6 Å². The van der Waals surface area contributed by atoms with Crippen LogP contribution in [0.5, 0.6) is 5.75 Å². The molecule has 0 aliphatic rings. The first-order chi connectivity index (χ1) is 10.6. The fourth-order valence-electron chi connectivity index (χ4n) is 1.72. The Balaban J connectivity index is 1.91. The Hall–Kier alpha value is -2.89. The van der Waals surface area contributed by atoms with Gasteiger partial charge in [0.1, 0.15) is 11.6 Å². The molecule has 0 aliphatic heterocycles. The first kappa shape index (κ1) is 15.5. The van der Waals surface area contributed by atoms with Crippen molar-refractivity contribution in [3.63, 3.8) is 0 Å². The van der Waals surface area contributed by atoms with E-state index in [9.17, 15) is 14.0 Å². The number of carbonyl (C=O) groups excluding carboxylic acids is 2. The van der Waals surface area contributed by atoms with E-state index in [0.29, 0.717) is 17.0 Å². The first-order valence-electron chi connectivity index (χ1n) is 6.45. The molecule has 0 saturated heterocycles. The van der Waals surface area contributed by atoms with Crippen molar-refractivity contribution < 1.29 is 23.5 Å². The number of rotatable bonds is 5. The van der Waals surface area contributed by atoms with Gasteiger partial charge in [-0.15, -0.1) is 0 Å². The van der Waals surface area contributed by atoms with E-state index in [-0.39, 0.29) is 12.4 Å². The van der Waals surface area contributed by atoms with Gasteiger partial charge >= 0.3 is 5.97 Å². The average Bonchev–Trinajstić information content (AvgIpc) is 2.54. The van der Waals surface area contributed by atoms with Crippen LogP contribution in [0, 0.1) is 5.82 Å². The van der Waals surface area contributed by atoms with Gasteiger partial charge in [0.15, 0.2) is 6.61 Å². The highest BCUT2D eigenvalue weighted by Crippen LogP contribution is 2.13. The second-order valence-electron chi connectivity index (χ2n) is 4.36. The van der Waals surface area contributed by atoms with Gasteiger partial charge in [-0.05, 0) is 42.5 Å². The molecule has 5 nitrogen and oxygen atoms in total. The molecule has 114 valence electrons. The maximum absolute atomic E-state index is 12.7. The Labute approximate surface area is 126 Å². The highest BCUT2D eigenvalue weighted by atomic mass is 19.1. The van der Waals surface area contributed by atoms with E-state index < -0.39 is 11.9 Å². The van der Waals surface area contributed by atoms with E-state index in [4.69, 9.17) is 4.74 Å². The molecule has 0 radical (unpaired) electrons. The number of benzene rings is 2. The van der Waals surface area contributed by atoms with Crippen LogP contribution in [0.1, 0.15) is 10.4 Å². The molecule has 2 aromatic rings. The Morgan fingerprint density at radius 3 is 2.55 bits per heavy atom. The molecule has 0 aliphatic carbocycles. The van der Waals surface area contributed by atoms with Crippen molar-refractivity contribution in [1.29, 1.82) is 0 Å². The molecule has 2 aromatic carbocycles. The third-order valence-electron chi connectivity index (χ3n) is 2.75. The van der Waals surface area contributed by atoms with Crippen LogP contribution in [0.15, 0.2) is 48.5 Å². The highest BCUT2D eigenvalue weighted by Gasteiger charge is 2.08. The second-order valence-corrected chi connectivity index (χ2v) is 4.36. The van der Waals surface area contributed by atoms with Gasteiger partial charge in [-0.2, -0.15) is 0 Å². The van der Waals surface area contributed by atoms with Crippen molar-refractivity contribution in [2.24, 2.45) is 0 Å². The van der Waals surface area contributed by atoms with E-state index in [1.54, 1.807) is 18.2 Å². The molecule has 0 heterocycles. The normalized spacial score (nSPS) is 9.91. The number of nitrogens with one attached hydrogen (secondary N) is 1. The Kier molecular flexibility index (Phi) is 5.08. The van der Waals surface area contributed by atoms with E-state index in [2.05, 4.69) is 10.1 Å². The van der Waals surface area contributed by atoms with Crippen LogP contribution in [-0.2, 0) is 9.53 Å². The summed E-state index contributed by atoms with van der Waals surface area (Å²) >= 11 is 0. The van der Waals surface area contributed by atoms with E-state index in [1.807, 2.05) is 0 Å². The fraction of sp³-hybridized carbons (Fsp3) is 0.125. The molecule has 22 heavy (non-hydrogen) atoms. The summed E-state index contributed by atoms with van der Waals surface area (Å²) in [5.74, 6) is -0.874. The molecule has 6 heteroatoms. The lowest BCUT2D eigenvalue weighted by molar-refractivity contribution is -0.118. The SMILES string of the molecule is COC(=O)c1cccc(NC(=O)COc2ccc(F)cc2)c1. The molecule has 0 unspecified atom stereocenters. The molecule has 0 bridgehead atoms. The number of ether oxygens (including phenoxy) is 2. The van der Waals surface area contributed by atoms with Crippen molar-refractivity contribution in [1.82, 2.24) is 0 Å². The second kappa shape index (κ2) is 7.21. The van der Waals surface area contributed by atoms with Crippen LogP contribution >= 0.6 is 0 Å². The van der Waals surface area contributed by atoms with Gasteiger partial charge in [-0.1, -0.05) is 6.07 Å². The standard InChI is InChI=1S/C16H14FNO4/c1-21-16(20)11-3-2-4-13(9-11)18-15(19)10-22-14-7-5-12(17)6-8-14/h2-9H,10H2,1H3,(H,18,19). The van der Waals surface area contributed by atoms with E-state index >= 15 is 0 Å². The minimum Gasteiger partial charge on any atom is -0.484 e. The Morgan fingerprint density at radius 2 is 1.86 bits per heavy atom. The minimum atomic E-state index is -0.487. The van der Waals surface area contributed by atoms with Crippen LogP contribution in [0.4, 0.5) is 10.1 Å². The Morgan fingerprint density at radius 1 is 1.14 bits per heavy atom. The third-order valence-corrected chi connectivity index (χ3v) is 2.75. The minimum absolute atomic E-state index is 0.228. The third kappa shape index (κ3) is 4.31. The van der Waals surface area contributed by atoms with Crippen LogP contribution in [0.25, 0.3) is 0 Å². The number of halogens is 1. The lowest BCUT2D eigenvalue weighted by Crippen LogP contribution is -2.20. The number of amides is 1. The molecule has 0 fully saturated rings. The van der Waals surface area contributed by atoms with E-state index in [0.717, 1.165) is 0 Å². The quantitative estimate of drug-likeness (QED) is 0.862. The molecule has 2 rings (SSSR count). The fourth-order valence-corrected chi connectivity index (χ4v) is 1.72. The molecule has 1 N–H and O–H groups in total. The summed E-state index contributed by atoms with van der Waals surface area (Å²) in [5, 5.41) is 2.60. The number of methoxy groups -OCH3 is 1. The summed E-state index contributed by atoms with van der Waals surface area (Å²) < 4.78 is 22.6. The highest BCUT2D eigenvalue weighted by molar-refractivity contribution is 5.95. The van der Waals surface area contributed by atoms with Crippen molar-refractivity contribution in [3.8, 4) is 5.75 Å². The molecular weight excluding hydrogens is 289 g/mol. The summed E-state index contributed by atoms with van der Waals surface area (Å²) in [4.78, 5) is 23.2. The zero-order valence-electron chi connectivity index (χ0n) is 11.8. The largest absolute Gasteiger partial charge is 0.484 e. The maximum Gasteiger partial charge on any atom is 0.337 e. The van der Waals surface area contributed by atoms with Crippen molar-refractivity contribution in [2.45, 2.75) is 0 Å². The van der Waals surface area contributed by atoms with Gasteiger partial charge in [0.05, 0.1) is 12.7 Å². The van der Waals surface area contributed by atoms with Gasteiger partial charge in [0, 0.05) is 5.69 Å².